The van der Waals surface area contributed by atoms with Crippen LogP contribution in [0, 0.1) is 17.3 Å². The highest BCUT2D eigenvalue weighted by Gasteiger charge is 2.43. The lowest BCUT2D eigenvalue weighted by Crippen LogP contribution is -2.56. The van der Waals surface area contributed by atoms with Crippen molar-refractivity contribution in [1.29, 1.82) is 0 Å². The third kappa shape index (κ3) is 3.46. The Morgan fingerprint density at radius 2 is 1.38 bits per heavy atom. The standard InChI is InChI=1S/C19H33N3O2/c1-19(2)13-22(12-9-16(19)20)18(24)15-8-4-3-7-14(15)17(23)21-10-5-6-11-21/h14-16H,3-13,20H2,1-2H3. The Morgan fingerprint density at radius 3 is 1.92 bits per heavy atom. The fraction of sp³-hybridized carbons (Fsp3) is 0.895. The second kappa shape index (κ2) is 7.03. The minimum Gasteiger partial charge on any atom is -0.342 e. The number of likely N-dealkylation sites (tertiary alicyclic amines) is 2. The van der Waals surface area contributed by atoms with Crippen LogP contribution in [-0.2, 0) is 9.59 Å². The quantitative estimate of drug-likeness (QED) is 0.839. The van der Waals surface area contributed by atoms with Crippen LogP contribution >= 0.6 is 0 Å². The molecule has 2 N–H and O–H groups in total. The fourth-order valence-corrected chi connectivity index (χ4v) is 4.69. The van der Waals surface area contributed by atoms with Crippen molar-refractivity contribution in [2.45, 2.75) is 64.8 Å². The number of hydrogen-bond donors (Lipinski definition) is 1. The molecule has 0 aromatic rings. The smallest absolute Gasteiger partial charge is 0.226 e. The van der Waals surface area contributed by atoms with E-state index in [1.807, 2.05) is 9.80 Å². The molecule has 3 atom stereocenters. The zero-order valence-corrected chi connectivity index (χ0v) is 15.3. The first-order valence-corrected chi connectivity index (χ1v) is 9.73. The molecule has 0 bridgehead atoms. The maximum Gasteiger partial charge on any atom is 0.226 e. The average Bonchev–Trinajstić information content (AvgIpc) is 3.10. The molecule has 3 aliphatic rings. The highest BCUT2D eigenvalue weighted by atomic mass is 16.2. The zero-order chi connectivity index (χ0) is 17.3. The Labute approximate surface area is 145 Å². The number of carbonyl (C=O) groups excluding carboxylic acids is 2. The zero-order valence-electron chi connectivity index (χ0n) is 15.3. The van der Waals surface area contributed by atoms with Gasteiger partial charge >= 0.3 is 0 Å². The van der Waals surface area contributed by atoms with Crippen LogP contribution in [0.25, 0.3) is 0 Å². The number of hydrogen-bond acceptors (Lipinski definition) is 3. The summed E-state index contributed by atoms with van der Waals surface area (Å²) in [5, 5.41) is 0. The molecule has 2 saturated heterocycles. The van der Waals surface area contributed by atoms with Crippen molar-refractivity contribution in [2.24, 2.45) is 23.0 Å². The molecule has 136 valence electrons. The first-order chi connectivity index (χ1) is 11.4. The fourth-order valence-electron chi connectivity index (χ4n) is 4.69. The van der Waals surface area contributed by atoms with E-state index >= 15 is 0 Å². The molecule has 3 fully saturated rings. The maximum atomic E-state index is 13.2. The maximum absolute atomic E-state index is 13.2. The molecular weight excluding hydrogens is 302 g/mol. The summed E-state index contributed by atoms with van der Waals surface area (Å²) in [6.45, 7) is 7.50. The van der Waals surface area contributed by atoms with E-state index in [1.54, 1.807) is 0 Å². The van der Waals surface area contributed by atoms with Gasteiger partial charge in [0, 0.05) is 44.1 Å². The van der Waals surface area contributed by atoms with Crippen LogP contribution in [-0.4, -0.2) is 53.8 Å². The van der Waals surface area contributed by atoms with Gasteiger partial charge in [-0.2, -0.15) is 0 Å². The normalized spacial score (nSPS) is 33.5. The van der Waals surface area contributed by atoms with Crippen molar-refractivity contribution in [3.63, 3.8) is 0 Å². The molecule has 2 aliphatic heterocycles. The number of nitrogens with two attached hydrogens (primary N) is 1. The molecule has 1 saturated carbocycles. The Hall–Kier alpha value is -1.10. The average molecular weight is 335 g/mol. The number of rotatable bonds is 2. The Morgan fingerprint density at radius 1 is 0.833 bits per heavy atom. The van der Waals surface area contributed by atoms with Crippen molar-refractivity contribution in [1.82, 2.24) is 9.80 Å². The number of piperidine rings is 1. The summed E-state index contributed by atoms with van der Waals surface area (Å²) >= 11 is 0. The van der Waals surface area contributed by atoms with E-state index in [9.17, 15) is 9.59 Å². The molecule has 0 aromatic carbocycles. The highest BCUT2D eigenvalue weighted by Crippen LogP contribution is 2.36. The van der Waals surface area contributed by atoms with Gasteiger partial charge in [-0.15, -0.1) is 0 Å². The predicted molar refractivity (Wildman–Crippen MR) is 94.2 cm³/mol. The third-order valence-electron chi connectivity index (χ3n) is 6.44. The predicted octanol–water partition coefficient (Wildman–Crippen LogP) is 2.00. The van der Waals surface area contributed by atoms with Gasteiger partial charge in [0.05, 0.1) is 0 Å². The van der Waals surface area contributed by atoms with E-state index in [2.05, 4.69) is 13.8 Å². The molecule has 5 heteroatoms. The molecular formula is C19H33N3O2. The second-order valence-electron chi connectivity index (χ2n) is 8.67. The lowest BCUT2D eigenvalue weighted by Gasteiger charge is -2.45. The first kappa shape index (κ1) is 17.7. The molecule has 1 aliphatic carbocycles. The lowest BCUT2D eigenvalue weighted by atomic mass is 9.75. The van der Waals surface area contributed by atoms with Gasteiger partial charge in [0.15, 0.2) is 0 Å². The minimum absolute atomic E-state index is 0.0446. The topological polar surface area (TPSA) is 66.6 Å². The van der Waals surface area contributed by atoms with Crippen molar-refractivity contribution >= 4 is 11.8 Å². The van der Waals surface area contributed by atoms with Gasteiger partial charge in [0.25, 0.3) is 0 Å². The Balaban J connectivity index is 1.70. The molecule has 3 rings (SSSR count). The van der Waals surface area contributed by atoms with Crippen LogP contribution in [0.15, 0.2) is 0 Å². The van der Waals surface area contributed by atoms with Crippen LogP contribution in [0.2, 0.25) is 0 Å². The van der Waals surface area contributed by atoms with Gasteiger partial charge < -0.3 is 15.5 Å². The van der Waals surface area contributed by atoms with Gasteiger partial charge in [0.2, 0.25) is 11.8 Å². The van der Waals surface area contributed by atoms with Gasteiger partial charge in [-0.1, -0.05) is 26.7 Å². The van der Waals surface area contributed by atoms with Crippen LogP contribution < -0.4 is 5.73 Å². The molecule has 3 unspecified atom stereocenters. The summed E-state index contributed by atoms with van der Waals surface area (Å²) in [6, 6.07) is 0.148. The van der Waals surface area contributed by atoms with E-state index in [4.69, 9.17) is 5.73 Å². The van der Waals surface area contributed by atoms with Crippen molar-refractivity contribution in [2.75, 3.05) is 26.2 Å². The second-order valence-corrected chi connectivity index (χ2v) is 8.67. The first-order valence-electron chi connectivity index (χ1n) is 9.73. The van der Waals surface area contributed by atoms with Crippen molar-refractivity contribution in [3.8, 4) is 0 Å². The van der Waals surface area contributed by atoms with Crippen molar-refractivity contribution < 1.29 is 9.59 Å². The highest BCUT2D eigenvalue weighted by molar-refractivity contribution is 5.88. The minimum atomic E-state index is -0.114. The molecule has 0 radical (unpaired) electrons. The van der Waals surface area contributed by atoms with E-state index in [-0.39, 0.29) is 35.1 Å². The monoisotopic (exact) mass is 335 g/mol. The van der Waals surface area contributed by atoms with Crippen LogP contribution in [0.4, 0.5) is 0 Å². The van der Waals surface area contributed by atoms with E-state index in [0.29, 0.717) is 6.54 Å². The Kier molecular flexibility index (Phi) is 5.19. The lowest BCUT2D eigenvalue weighted by molar-refractivity contribution is -0.149. The van der Waals surface area contributed by atoms with Gasteiger partial charge in [-0.3, -0.25) is 9.59 Å². The third-order valence-corrected chi connectivity index (χ3v) is 6.44. The van der Waals surface area contributed by atoms with Gasteiger partial charge in [0.1, 0.15) is 0 Å². The molecule has 0 aromatic heterocycles. The van der Waals surface area contributed by atoms with Crippen LogP contribution in [0.1, 0.15) is 58.8 Å². The van der Waals surface area contributed by atoms with Gasteiger partial charge in [-0.05, 0) is 37.5 Å². The summed E-state index contributed by atoms with van der Waals surface area (Å²) in [6.07, 6.45) is 6.95. The largest absolute Gasteiger partial charge is 0.342 e. The number of carbonyl (C=O) groups is 2. The molecule has 2 heterocycles. The summed E-state index contributed by atoms with van der Waals surface area (Å²) in [5.74, 6) is 0.228. The SMILES string of the molecule is CC1(C)CN(C(=O)C2CCCCC2C(=O)N2CCCC2)CCC1N. The summed E-state index contributed by atoms with van der Waals surface area (Å²) in [7, 11) is 0. The van der Waals surface area contributed by atoms with E-state index in [0.717, 1.165) is 64.6 Å². The molecule has 5 nitrogen and oxygen atoms in total. The van der Waals surface area contributed by atoms with Crippen LogP contribution in [0.3, 0.4) is 0 Å². The summed E-state index contributed by atoms with van der Waals surface area (Å²) in [4.78, 5) is 30.1. The van der Waals surface area contributed by atoms with Crippen LogP contribution in [0.5, 0.6) is 0 Å². The molecule has 0 spiro atoms. The molecule has 24 heavy (non-hydrogen) atoms. The molecule has 2 amide bonds. The van der Waals surface area contributed by atoms with E-state index in [1.165, 1.54) is 0 Å². The number of nitrogens with zero attached hydrogens (tertiary/aromatic N) is 2. The summed E-state index contributed by atoms with van der Waals surface area (Å²) < 4.78 is 0. The Bertz CT molecular complexity index is 485. The van der Waals surface area contributed by atoms with Crippen molar-refractivity contribution in [3.05, 3.63) is 0 Å². The number of amides is 2. The summed E-state index contributed by atoms with van der Waals surface area (Å²) in [5.41, 5.74) is 6.17. The van der Waals surface area contributed by atoms with E-state index < -0.39 is 0 Å². The van der Waals surface area contributed by atoms with Gasteiger partial charge in [-0.25, -0.2) is 0 Å².